The molecule has 27 heavy (non-hydrogen) atoms. The van der Waals surface area contributed by atoms with Gasteiger partial charge in [-0.15, -0.1) is 0 Å². The molecule has 1 aromatic heterocycles. The van der Waals surface area contributed by atoms with Crippen molar-refractivity contribution < 1.29 is 18.8 Å². The Hall–Kier alpha value is -3.23. The molecule has 0 bridgehead atoms. The zero-order valence-electron chi connectivity index (χ0n) is 14.8. The molecule has 2 aromatic rings. The molecule has 1 aliphatic heterocycles. The average molecular weight is 373 g/mol. The van der Waals surface area contributed by atoms with Crippen LogP contribution in [0.3, 0.4) is 0 Å². The fraction of sp³-hybridized carbons (Fsp3) is 0.333. The average Bonchev–Trinajstić information content (AvgIpc) is 3.16. The van der Waals surface area contributed by atoms with Crippen LogP contribution in [0.25, 0.3) is 5.69 Å². The van der Waals surface area contributed by atoms with Gasteiger partial charge >= 0.3 is 0 Å². The van der Waals surface area contributed by atoms with Gasteiger partial charge in [0.1, 0.15) is 11.5 Å². The number of hydrogen-bond donors (Lipinski definition) is 2. The number of rotatable bonds is 3. The van der Waals surface area contributed by atoms with Crippen LogP contribution in [0.2, 0.25) is 0 Å². The van der Waals surface area contributed by atoms with Crippen molar-refractivity contribution in [3.8, 4) is 5.69 Å². The summed E-state index contributed by atoms with van der Waals surface area (Å²) < 4.78 is 14.6. The van der Waals surface area contributed by atoms with Crippen LogP contribution in [0.5, 0.6) is 0 Å². The maximum atomic E-state index is 13.1. The molecular formula is C18H20FN5O3. The van der Waals surface area contributed by atoms with E-state index in [4.69, 9.17) is 0 Å². The van der Waals surface area contributed by atoms with Crippen LogP contribution in [0.1, 0.15) is 30.3 Å². The van der Waals surface area contributed by atoms with Crippen molar-refractivity contribution in [2.24, 2.45) is 5.92 Å². The summed E-state index contributed by atoms with van der Waals surface area (Å²) in [6.45, 7) is 2.45. The van der Waals surface area contributed by atoms with Gasteiger partial charge < -0.3 is 4.90 Å². The van der Waals surface area contributed by atoms with Gasteiger partial charge in [-0.2, -0.15) is 0 Å². The number of piperidine rings is 1. The summed E-state index contributed by atoms with van der Waals surface area (Å²) in [5.74, 6) is -1.72. The molecule has 142 valence electrons. The number of nitrogens with one attached hydrogen (secondary N) is 2. The van der Waals surface area contributed by atoms with Crippen molar-refractivity contribution in [2.45, 2.75) is 19.8 Å². The van der Waals surface area contributed by atoms with Gasteiger partial charge in [0.2, 0.25) is 11.8 Å². The molecule has 2 heterocycles. The van der Waals surface area contributed by atoms with E-state index in [0.717, 1.165) is 6.42 Å². The van der Waals surface area contributed by atoms with Gasteiger partial charge in [0.25, 0.3) is 5.91 Å². The molecule has 1 aromatic carbocycles. The highest BCUT2D eigenvalue weighted by molar-refractivity contribution is 5.94. The number of halogens is 1. The minimum absolute atomic E-state index is 0.0697. The molecule has 3 rings (SSSR count). The van der Waals surface area contributed by atoms with Crippen molar-refractivity contribution in [3.63, 3.8) is 0 Å². The molecule has 1 saturated heterocycles. The zero-order chi connectivity index (χ0) is 19.4. The molecular weight excluding hydrogens is 353 g/mol. The quantitative estimate of drug-likeness (QED) is 0.786. The first-order valence-corrected chi connectivity index (χ1v) is 8.59. The van der Waals surface area contributed by atoms with E-state index < -0.39 is 5.91 Å². The van der Waals surface area contributed by atoms with E-state index in [0.29, 0.717) is 25.2 Å². The van der Waals surface area contributed by atoms with Gasteiger partial charge in [-0.3, -0.25) is 29.8 Å². The number of aromatic nitrogens is 2. The number of benzene rings is 1. The molecule has 0 unspecified atom stereocenters. The Morgan fingerprint density at radius 1 is 1.19 bits per heavy atom. The van der Waals surface area contributed by atoms with Crippen LogP contribution in [0, 0.1) is 11.7 Å². The fourth-order valence-electron chi connectivity index (χ4n) is 3.03. The van der Waals surface area contributed by atoms with E-state index in [-0.39, 0.29) is 29.2 Å². The molecule has 0 saturated carbocycles. The van der Waals surface area contributed by atoms with E-state index in [1.807, 2.05) is 0 Å². The summed E-state index contributed by atoms with van der Waals surface area (Å²) in [5, 5.41) is 0. The summed E-state index contributed by atoms with van der Waals surface area (Å²) >= 11 is 0. The van der Waals surface area contributed by atoms with Crippen LogP contribution < -0.4 is 10.9 Å². The second kappa shape index (κ2) is 7.98. The number of hydrazine groups is 1. The Morgan fingerprint density at radius 3 is 2.63 bits per heavy atom. The molecule has 0 spiro atoms. The molecule has 3 amide bonds. The van der Waals surface area contributed by atoms with Gasteiger partial charge in [0.15, 0.2) is 0 Å². The van der Waals surface area contributed by atoms with E-state index in [9.17, 15) is 18.8 Å². The lowest BCUT2D eigenvalue weighted by Gasteiger charge is -2.31. The first-order valence-electron chi connectivity index (χ1n) is 8.59. The molecule has 0 aliphatic carbocycles. The standard InChI is InChI=1S/C18H20FN5O3/c1-12(25)23-8-2-3-13(10-23)17(26)21-22-18(27)16-9-20-11-24(16)15-6-4-14(19)5-7-15/h4-7,9,11,13H,2-3,8,10H2,1H3,(H,21,26)(H,22,27)/t13-/m1/s1. The van der Waals surface area contributed by atoms with Crippen molar-refractivity contribution in [2.75, 3.05) is 13.1 Å². The van der Waals surface area contributed by atoms with Crippen LogP contribution in [-0.4, -0.2) is 45.3 Å². The summed E-state index contributed by atoms with van der Waals surface area (Å²) in [6.07, 6.45) is 4.17. The number of hydrogen-bond acceptors (Lipinski definition) is 4. The van der Waals surface area contributed by atoms with Crippen LogP contribution in [0.15, 0.2) is 36.8 Å². The Kier molecular flexibility index (Phi) is 5.49. The van der Waals surface area contributed by atoms with E-state index in [2.05, 4.69) is 15.8 Å². The number of carbonyl (C=O) groups excluding carboxylic acids is 3. The lowest BCUT2D eigenvalue weighted by Crippen LogP contribution is -2.49. The highest BCUT2D eigenvalue weighted by atomic mass is 19.1. The van der Waals surface area contributed by atoms with Gasteiger partial charge in [-0.25, -0.2) is 9.37 Å². The largest absolute Gasteiger partial charge is 0.342 e. The smallest absolute Gasteiger partial charge is 0.288 e. The fourth-order valence-corrected chi connectivity index (χ4v) is 3.03. The minimum atomic E-state index is -0.551. The Balaban J connectivity index is 1.62. The van der Waals surface area contributed by atoms with E-state index in [1.54, 1.807) is 4.90 Å². The predicted molar refractivity (Wildman–Crippen MR) is 94.1 cm³/mol. The number of nitrogens with zero attached hydrogens (tertiary/aromatic N) is 3. The van der Waals surface area contributed by atoms with Gasteiger partial charge in [-0.05, 0) is 37.1 Å². The van der Waals surface area contributed by atoms with Crippen LogP contribution in [-0.2, 0) is 9.59 Å². The third kappa shape index (κ3) is 4.30. The molecule has 1 aliphatic rings. The topological polar surface area (TPSA) is 96.3 Å². The van der Waals surface area contributed by atoms with E-state index in [1.165, 1.54) is 48.3 Å². The number of amides is 3. The van der Waals surface area contributed by atoms with Crippen molar-refractivity contribution >= 4 is 17.7 Å². The second-order valence-corrected chi connectivity index (χ2v) is 6.37. The maximum Gasteiger partial charge on any atom is 0.288 e. The zero-order valence-corrected chi connectivity index (χ0v) is 14.8. The van der Waals surface area contributed by atoms with Crippen LogP contribution in [0.4, 0.5) is 4.39 Å². The third-order valence-corrected chi connectivity index (χ3v) is 4.51. The molecule has 2 N–H and O–H groups in total. The maximum absolute atomic E-state index is 13.1. The van der Waals surface area contributed by atoms with Crippen LogP contribution >= 0.6 is 0 Å². The van der Waals surface area contributed by atoms with Gasteiger partial charge in [0.05, 0.1) is 18.4 Å². The molecule has 0 radical (unpaired) electrons. The monoisotopic (exact) mass is 373 g/mol. The van der Waals surface area contributed by atoms with Gasteiger partial charge in [-0.1, -0.05) is 0 Å². The Morgan fingerprint density at radius 2 is 1.93 bits per heavy atom. The highest BCUT2D eigenvalue weighted by Crippen LogP contribution is 2.16. The number of likely N-dealkylation sites (tertiary alicyclic amines) is 1. The first kappa shape index (κ1) is 18.6. The summed E-state index contributed by atoms with van der Waals surface area (Å²) in [7, 11) is 0. The third-order valence-electron chi connectivity index (χ3n) is 4.51. The molecule has 1 atom stereocenters. The first-order chi connectivity index (χ1) is 13.0. The summed E-state index contributed by atoms with van der Waals surface area (Å²) in [5.41, 5.74) is 5.54. The number of carbonyl (C=O) groups is 3. The van der Waals surface area contributed by atoms with Crippen molar-refractivity contribution in [3.05, 3.63) is 48.3 Å². The highest BCUT2D eigenvalue weighted by Gasteiger charge is 2.27. The second-order valence-electron chi connectivity index (χ2n) is 6.37. The molecule has 1 fully saturated rings. The lowest BCUT2D eigenvalue weighted by atomic mass is 9.97. The number of imidazole rings is 1. The Bertz CT molecular complexity index is 849. The normalized spacial score (nSPS) is 16.7. The van der Waals surface area contributed by atoms with Crippen molar-refractivity contribution in [1.29, 1.82) is 0 Å². The molecule has 9 heteroatoms. The summed E-state index contributed by atoms with van der Waals surface area (Å²) in [6, 6.07) is 5.60. The minimum Gasteiger partial charge on any atom is -0.342 e. The summed E-state index contributed by atoms with van der Waals surface area (Å²) in [4.78, 5) is 41.7. The Labute approximate surface area is 155 Å². The predicted octanol–water partition coefficient (Wildman–Crippen LogP) is 1.03. The van der Waals surface area contributed by atoms with Crippen molar-refractivity contribution in [1.82, 2.24) is 25.3 Å². The SMILES string of the molecule is CC(=O)N1CCC[C@@H](C(=O)NNC(=O)c2cncn2-c2ccc(F)cc2)C1. The lowest BCUT2D eigenvalue weighted by molar-refractivity contribution is -0.134. The van der Waals surface area contributed by atoms with Gasteiger partial charge in [0, 0.05) is 25.7 Å². The molecule has 8 nitrogen and oxygen atoms in total. The van der Waals surface area contributed by atoms with E-state index >= 15 is 0 Å².